The number of aromatic nitrogens is 3. The Labute approximate surface area is 104 Å². The van der Waals surface area contributed by atoms with Crippen LogP contribution in [0.25, 0.3) is 11.5 Å². The molecule has 92 valence electrons. The lowest BCUT2D eigenvalue weighted by Gasteiger charge is -2.07. The number of primary amides is 1. The third-order valence-corrected chi connectivity index (χ3v) is 2.51. The number of nitrogens with zero attached hydrogens (tertiary/aromatic N) is 3. The van der Waals surface area contributed by atoms with Crippen LogP contribution in [0.15, 0.2) is 18.3 Å². The molecular formula is C12H13N5O. The minimum atomic E-state index is -0.631. The summed E-state index contributed by atoms with van der Waals surface area (Å²) >= 11 is 0. The predicted molar refractivity (Wildman–Crippen MR) is 67.7 cm³/mol. The van der Waals surface area contributed by atoms with Crippen LogP contribution in [0.3, 0.4) is 0 Å². The normalized spacial score (nSPS) is 10.3. The SMILES string of the molecule is Cc1ccnc(-c2nc(C)c(C(N)=O)c(N)n2)c1. The van der Waals surface area contributed by atoms with Crippen LogP contribution in [-0.4, -0.2) is 20.9 Å². The third kappa shape index (κ3) is 2.13. The molecule has 6 nitrogen and oxygen atoms in total. The highest BCUT2D eigenvalue weighted by Crippen LogP contribution is 2.19. The van der Waals surface area contributed by atoms with Gasteiger partial charge < -0.3 is 11.5 Å². The topological polar surface area (TPSA) is 108 Å². The van der Waals surface area contributed by atoms with E-state index in [9.17, 15) is 4.79 Å². The summed E-state index contributed by atoms with van der Waals surface area (Å²) in [6.07, 6.45) is 1.67. The van der Waals surface area contributed by atoms with Crippen molar-refractivity contribution in [1.82, 2.24) is 15.0 Å². The van der Waals surface area contributed by atoms with Gasteiger partial charge in [-0.15, -0.1) is 0 Å². The second-order valence-electron chi connectivity index (χ2n) is 3.98. The molecule has 4 N–H and O–H groups in total. The Hall–Kier alpha value is -2.50. The number of hydrogen-bond acceptors (Lipinski definition) is 5. The van der Waals surface area contributed by atoms with Crippen molar-refractivity contribution in [2.45, 2.75) is 13.8 Å². The van der Waals surface area contributed by atoms with E-state index in [4.69, 9.17) is 11.5 Å². The molecule has 1 amide bonds. The number of hydrogen-bond donors (Lipinski definition) is 2. The van der Waals surface area contributed by atoms with E-state index < -0.39 is 5.91 Å². The fraction of sp³-hybridized carbons (Fsp3) is 0.167. The van der Waals surface area contributed by atoms with Crippen molar-refractivity contribution in [1.29, 1.82) is 0 Å². The number of amides is 1. The zero-order valence-electron chi connectivity index (χ0n) is 10.1. The number of nitrogens with two attached hydrogens (primary N) is 2. The van der Waals surface area contributed by atoms with Gasteiger partial charge in [0.25, 0.3) is 5.91 Å². The zero-order chi connectivity index (χ0) is 13.3. The highest BCUT2D eigenvalue weighted by Gasteiger charge is 2.15. The van der Waals surface area contributed by atoms with Gasteiger partial charge in [0, 0.05) is 6.20 Å². The summed E-state index contributed by atoms with van der Waals surface area (Å²) in [6, 6.07) is 3.72. The first-order chi connectivity index (χ1) is 8.49. The summed E-state index contributed by atoms with van der Waals surface area (Å²) in [5.74, 6) is -0.166. The Kier molecular flexibility index (Phi) is 2.93. The largest absolute Gasteiger partial charge is 0.383 e. The van der Waals surface area contributed by atoms with E-state index in [1.807, 2.05) is 19.1 Å². The van der Waals surface area contributed by atoms with Gasteiger partial charge in [-0.05, 0) is 31.5 Å². The Balaban J connectivity index is 2.58. The molecule has 2 heterocycles. The predicted octanol–water partition coefficient (Wildman–Crippen LogP) is 0.837. The molecule has 0 radical (unpaired) electrons. The van der Waals surface area contributed by atoms with Gasteiger partial charge in [-0.1, -0.05) is 0 Å². The molecule has 0 aromatic carbocycles. The van der Waals surface area contributed by atoms with Crippen LogP contribution in [0, 0.1) is 13.8 Å². The molecule has 0 aliphatic carbocycles. The minimum Gasteiger partial charge on any atom is -0.383 e. The Bertz CT molecular complexity index is 601. The van der Waals surface area contributed by atoms with E-state index in [0.717, 1.165) is 5.56 Å². The molecule has 0 unspecified atom stereocenters. The maximum absolute atomic E-state index is 11.2. The number of aryl methyl sites for hydroxylation is 2. The standard InChI is InChI=1S/C12H13N5O/c1-6-3-4-15-8(5-6)12-16-7(2)9(11(14)18)10(13)17-12/h3-5H,1-2H3,(H2,14,18)(H2,13,16,17). The van der Waals surface area contributed by atoms with Crippen LogP contribution >= 0.6 is 0 Å². The lowest BCUT2D eigenvalue weighted by molar-refractivity contribution is 0.1000. The van der Waals surface area contributed by atoms with Crippen LogP contribution in [0.5, 0.6) is 0 Å². The Morgan fingerprint density at radius 3 is 2.56 bits per heavy atom. The molecule has 6 heteroatoms. The number of rotatable bonds is 2. The highest BCUT2D eigenvalue weighted by atomic mass is 16.1. The first-order valence-corrected chi connectivity index (χ1v) is 5.36. The van der Waals surface area contributed by atoms with Crippen LogP contribution in [0.2, 0.25) is 0 Å². The number of nitrogen functional groups attached to an aromatic ring is 1. The maximum atomic E-state index is 11.2. The van der Waals surface area contributed by atoms with Gasteiger partial charge in [-0.2, -0.15) is 0 Å². The van der Waals surface area contributed by atoms with Crippen molar-refractivity contribution in [3.05, 3.63) is 35.2 Å². The molecule has 0 fully saturated rings. The molecule has 0 aliphatic heterocycles. The summed E-state index contributed by atoms with van der Waals surface area (Å²) < 4.78 is 0. The van der Waals surface area contributed by atoms with Gasteiger partial charge in [-0.25, -0.2) is 9.97 Å². The monoisotopic (exact) mass is 243 g/mol. The molecule has 0 saturated carbocycles. The zero-order valence-corrected chi connectivity index (χ0v) is 10.1. The molecule has 0 bridgehead atoms. The van der Waals surface area contributed by atoms with Crippen LogP contribution in [0.1, 0.15) is 21.6 Å². The number of pyridine rings is 1. The molecule has 2 aromatic heterocycles. The fourth-order valence-corrected chi connectivity index (χ4v) is 1.67. The molecule has 18 heavy (non-hydrogen) atoms. The smallest absolute Gasteiger partial charge is 0.254 e. The molecule has 2 aromatic rings. The molecule has 0 spiro atoms. The van der Waals surface area contributed by atoms with Gasteiger partial charge >= 0.3 is 0 Å². The van der Waals surface area contributed by atoms with Crippen molar-refractivity contribution < 1.29 is 4.79 Å². The van der Waals surface area contributed by atoms with Crippen LogP contribution < -0.4 is 11.5 Å². The summed E-state index contributed by atoms with van der Waals surface area (Å²) in [5, 5.41) is 0. The molecular weight excluding hydrogens is 230 g/mol. The first kappa shape index (κ1) is 12.0. The van der Waals surface area contributed by atoms with Crippen molar-refractivity contribution in [2.24, 2.45) is 5.73 Å². The van der Waals surface area contributed by atoms with E-state index in [0.29, 0.717) is 17.2 Å². The average Bonchev–Trinajstić information content (AvgIpc) is 2.27. The van der Waals surface area contributed by atoms with Crippen molar-refractivity contribution >= 4 is 11.7 Å². The van der Waals surface area contributed by atoms with E-state index in [2.05, 4.69) is 15.0 Å². The van der Waals surface area contributed by atoms with Crippen molar-refractivity contribution in [3.63, 3.8) is 0 Å². The van der Waals surface area contributed by atoms with E-state index in [1.165, 1.54) is 0 Å². The van der Waals surface area contributed by atoms with Gasteiger partial charge in [-0.3, -0.25) is 9.78 Å². The molecule has 0 aliphatic rings. The van der Waals surface area contributed by atoms with E-state index in [1.54, 1.807) is 13.1 Å². The van der Waals surface area contributed by atoms with Crippen LogP contribution in [-0.2, 0) is 0 Å². The van der Waals surface area contributed by atoms with Crippen molar-refractivity contribution in [2.75, 3.05) is 5.73 Å². The summed E-state index contributed by atoms with van der Waals surface area (Å²) in [6.45, 7) is 3.61. The lowest BCUT2D eigenvalue weighted by atomic mass is 10.2. The average molecular weight is 243 g/mol. The summed E-state index contributed by atoms with van der Waals surface area (Å²) in [4.78, 5) is 23.6. The molecule has 0 atom stereocenters. The number of carbonyl (C=O) groups excluding carboxylic acids is 1. The second-order valence-corrected chi connectivity index (χ2v) is 3.98. The molecule has 2 rings (SSSR count). The van der Waals surface area contributed by atoms with Crippen LogP contribution in [0.4, 0.5) is 5.82 Å². The first-order valence-electron chi connectivity index (χ1n) is 5.36. The van der Waals surface area contributed by atoms with Gasteiger partial charge in [0.15, 0.2) is 5.82 Å². The minimum absolute atomic E-state index is 0.0771. The second kappa shape index (κ2) is 4.40. The van der Waals surface area contributed by atoms with Gasteiger partial charge in [0.1, 0.15) is 17.1 Å². The quantitative estimate of drug-likeness (QED) is 0.812. The Morgan fingerprint density at radius 2 is 2.00 bits per heavy atom. The number of anilines is 1. The van der Waals surface area contributed by atoms with Gasteiger partial charge in [0.2, 0.25) is 0 Å². The Morgan fingerprint density at radius 1 is 1.28 bits per heavy atom. The van der Waals surface area contributed by atoms with E-state index in [-0.39, 0.29) is 11.4 Å². The van der Waals surface area contributed by atoms with Crippen molar-refractivity contribution in [3.8, 4) is 11.5 Å². The molecule has 0 saturated heterocycles. The third-order valence-electron chi connectivity index (χ3n) is 2.51. The highest BCUT2D eigenvalue weighted by molar-refractivity contribution is 5.98. The fourth-order valence-electron chi connectivity index (χ4n) is 1.67. The maximum Gasteiger partial charge on any atom is 0.254 e. The van der Waals surface area contributed by atoms with Gasteiger partial charge in [0.05, 0.1) is 5.69 Å². The number of carbonyl (C=O) groups is 1. The summed E-state index contributed by atoms with van der Waals surface area (Å²) in [7, 11) is 0. The lowest BCUT2D eigenvalue weighted by Crippen LogP contribution is -2.18. The van der Waals surface area contributed by atoms with E-state index >= 15 is 0 Å². The summed E-state index contributed by atoms with van der Waals surface area (Å²) in [5.41, 5.74) is 13.2.